The van der Waals surface area contributed by atoms with Gasteiger partial charge in [-0.1, -0.05) is 0 Å². The number of rotatable bonds is 4. The van der Waals surface area contributed by atoms with Crippen molar-refractivity contribution in [3.8, 4) is 0 Å². The van der Waals surface area contributed by atoms with Crippen molar-refractivity contribution in [1.82, 2.24) is 5.43 Å². The van der Waals surface area contributed by atoms with Crippen molar-refractivity contribution >= 4 is 11.9 Å². The van der Waals surface area contributed by atoms with Gasteiger partial charge in [0.2, 0.25) is 0 Å². The third-order valence-electron chi connectivity index (χ3n) is 0.992. The fraction of sp³-hybridized carbons (Fsp3) is 0.667. The smallest absolute Gasteiger partial charge is 0.306 e. The number of amides is 1. The Hall–Kier alpha value is -1.10. The Kier molecular flexibility index (Phi) is 5.10. The zero-order valence-corrected chi connectivity index (χ0v) is 6.37. The van der Waals surface area contributed by atoms with Gasteiger partial charge in [0.05, 0.1) is 13.0 Å². The molecule has 5 nitrogen and oxygen atoms in total. The van der Waals surface area contributed by atoms with Crippen LogP contribution in [0.3, 0.4) is 0 Å². The van der Waals surface area contributed by atoms with Crippen molar-refractivity contribution in [2.24, 2.45) is 5.84 Å². The van der Waals surface area contributed by atoms with E-state index in [2.05, 4.69) is 16.0 Å². The van der Waals surface area contributed by atoms with E-state index in [1.807, 2.05) is 0 Å². The van der Waals surface area contributed by atoms with Gasteiger partial charge in [0.15, 0.2) is 0 Å². The minimum atomic E-state index is -0.488. The van der Waals surface area contributed by atoms with Crippen LogP contribution in [0.15, 0.2) is 0 Å². The third-order valence-corrected chi connectivity index (χ3v) is 0.992. The second-order valence-electron chi connectivity index (χ2n) is 1.83. The fourth-order valence-electron chi connectivity index (χ4n) is 0.507. The SMILES string of the molecule is CCOC(=O)CCC(=O)[N]N. The van der Waals surface area contributed by atoms with Crippen LogP contribution in [-0.2, 0) is 14.3 Å². The lowest BCUT2D eigenvalue weighted by molar-refractivity contribution is -0.144. The standard InChI is InChI=1S/C6H11N2O3/c1-2-11-6(10)4-3-5(9)8-7/h2-4,7H2,1H3. The molecule has 5 heteroatoms. The first-order valence-corrected chi connectivity index (χ1v) is 3.30. The van der Waals surface area contributed by atoms with Crippen molar-refractivity contribution < 1.29 is 14.3 Å². The summed E-state index contributed by atoms with van der Waals surface area (Å²) in [4.78, 5) is 21.0. The van der Waals surface area contributed by atoms with Gasteiger partial charge in [-0.25, -0.2) is 5.84 Å². The van der Waals surface area contributed by atoms with Crippen molar-refractivity contribution in [1.29, 1.82) is 0 Å². The molecule has 0 aliphatic carbocycles. The molecule has 0 unspecified atom stereocenters. The summed E-state index contributed by atoms with van der Waals surface area (Å²) in [6, 6.07) is 0. The summed E-state index contributed by atoms with van der Waals surface area (Å²) in [6.07, 6.45) is 0.0721. The Morgan fingerprint density at radius 2 is 2.09 bits per heavy atom. The van der Waals surface area contributed by atoms with Gasteiger partial charge < -0.3 is 4.74 Å². The largest absolute Gasteiger partial charge is 0.466 e. The molecule has 0 aromatic heterocycles. The van der Waals surface area contributed by atoms with Gasteiger partial charge in [-0.15, -0.1) is 0 Å². The summed E-state index contributed by atoms with van der Waals surface area (Å²) in [7, 11) is 0. The van der Waals surface area contributed by atoms with Crippen LogP contribution in [0, 0.1) is 0 Å². The molecule has 0 rings (SSSR count). The highest BCUT2D eigenvalue weighted by atomic mass is 16.5. The van der Waals surface area contributed by atoms with E-state index in [-0.39, 0.29) is 12.8 Å². The van der Waals surface area contributed by atoms with E-state index in [9.17, 15) is 9.59 Å². The number of carbonyl (C=O) groups is 2. The molecule has 2 N–H and O–H groups in total. The lowest BCUT2D eigenvalue weighted by atomic mass is 10.3. The molecule has 0 saturated heterocycles. The van der Waals surface area contributed by atoms with Crippen LogP contribution in [0.5, 0.6) is 0 Å². The highest BCUT2D eigenvalue weighted by Gasteiger charge is 2.05. The molecule has 0 spiro atoms. The molecule has 0 saturated carbocycles. The quantitative estimate of drug-likeness (QED) is 0.255. The molecule has 0 aromatic rings. The first-order chi connectivity index (χ1) is 5.20. The highest BCUT2D eigenvalue weighted by Crippen LogP contribution is 1.91. The molecule has 0 atom stereocenters. The Labute approximate surface area is 64.9 Å². The molecule has 0 aliphatic heterocycles. The van der Waals surface area contributed by atoms with E-state index in [1.165, 1.54) is 0 Å². The number of nitrogens with zero attached hydrogens (tertiary/aromatic N) is 1. The number of carbonyl (C=O) groups excluding carboxylic acids is 2. The van der Waals surface area contributed by atoms with E-state index in [0.29, 0.717) is 6.61 Å². The van der Waals surface area contributed by atoms with Gasteiger partial charge >= 0.3 is 5.97 Å². The van der Waals surface area contributed by atoms with Gasteiger partial charge in [0.1, 0.15) is 0 Å². The Balaban J connectivity index is 3.38. The number of esters is 1. The normalized spacial score (nSPS) is 8.91. The third kappa shape index (κ3) is 5.35. The van der Waals surface area contributed by atoms with Crippen LogP contribution in [0.25, 0.3) is 0 Å². The van der Waals surface area contributed by atoms with Crippen LogP contribution in [0.1, 0.15) is 19.8 Å². The predicted octanol–water partition coefficient (Wildman–Crippen LogP) is -0.666. The number of nitrogens with two attached hydrogens (primary N) is 1. The summed E-state index contributed by atoms with van der Waals surface area (Å²) in [5, 5.41) is 0. The monoisotopic (exact) mass is 159 g/mol. The molecule has 0 fully saturated rings. The molecule has 63 valence electrons. The maximum atomic E-state index is 10.6. The maximum Gasteiger partial charge on any atom is 0.306 e. The molecule has 0 aliphatic rings. The van der Waals surface area contributed by atoms with Crippen molar-refractivity contribution in [2.45, 2.75) is 19.8 Å². The number of hydrogen-bond acceptors (Lipinski definition) is 4. The summed E-state index contributed by atoms with van der Waals surface area (Å²) in [5.41, 5.74) is 2.87. The minimum absolute atomic E-state index is 0.0231. The molecular formula is C6H11N2O3. The molecule has 1 amide bonds. The minimum Gasteiger partial charge on any atom is -0.466 e. The number of ether oxygens (including phenoxy) is 1. The van der Waals surface area contributed by atoms with Gasteiger partial charge in [0.25, 0.3) is 5.91 Å². The second kappa shape index (κ2) is 5.67. The van der Waals surface area contributed by atoms with E-state index < -0.39 is 11.9 Å². The van der Waals surface area contributed by atoms with E-state index in [0.717, 1.165) is 0 Å². The molecule has 1 radical (unpaired) electrons. The molecule has 0 heterocycles. The summed E-state index contributed by atoms with van der Waals surface area (Å²) >= 11 is 0. The van der Waals surface area contributed by atoms with Gasteiger partial charge in [-0.05, 0) is 6.92 Å². The maximum absolute atomic E-state index is 10.6. The zero-order chi connectivity index (χ0) is 8.69. The van der Waals surface area contributed by atoms with Crippen LogP contribution >= 0.6 is 0 Å². The van der Waals surface area contributed by atoms with Crippen LogP contribution in [-0.4, -0.2) is 18.5 Å². The Morgan fingerprint density at radius 1 is 1.45 bits per heavy atom. The predicted molar refractivity (Wildman–Crippen MR) is 37.2 cm³/mol. The van der Waals surface area contributed by atoms with E-state index in [4.69, 9.17) is 0 Å². The summed E-state index contributed by atoms with van der Waals surface area (Å²) in [5.74, 6) is 3.77. The first kappa shape index (κ1) is 9.90. The second-order valence-corrected chi connectivity index (χ2v) is 1.83. The zero-order valence-electron chi connectivity index (χ0n) is 6.37. The average molecular weight is 159 g/mol. The van der Waals surface area contributed by atoms with Crippen LogP contribution in [0.2, 0.25) is 0 Å². The molecule has 11 heavy (non-hydrogen) atoms. The molecular weight excluding hydrogens is 148 g/mol. The number of hydrogen-bond donors (Lipinski definition) is 1. The Bertz CT molecular complexity index is 147. The van der Waals surface area contributed by atoms with Gasteiger partial charge in [-0.2, -0.15) is 5.43 Å². The average Bonchev–Trinajstić information content (AvgIpc) is 2.01. The molecule has 0 aromatic carbocycles. The van der Waals surface area contributed by atoms with Crippen LogP contribution in [0.4, 0.5) is 0 Å². The summed E-state index contributed by atoms with van der Waals surface area (Å²) in [6.45, 7) is 2.03. The van der Waals surface area contributed by atoms with E-state index in [1.54, 1.807) is 6.92 Å². The first-order valence-electron chi connectivity index (χ1n) is 3.30. The van der Waals surface area contributed by atoms with E-state index >= 15 is 0 Å². The van der Waals surface area contributed by atoms with Crippen LogP contribution < -0.4 is 11.3 Å². The van der Waals surface area contributed by atoms with Crippen molar-refractivity contribution in [2.75, 3.05) is 6.61 Å². The van der Waals surface area contributed by atoms with Crippen molar-refractivity contribution in [3.05, 3.63) is 0 Å². The van der Waals surface area contributed by atoms with Crippen molar-refractivity contribution in [3.63, 3.8) is 0 Å². The molecule has 0 bridgehead atoms. The highest BCUT2D eigenvalue weighted by molar-refractivity contribution is 5.80. The fourth-order valence-corrected chi connectivity index (χ4v) is 0.507. The van der Waals surface area contributed by atoms with Gasteiger partial charge in [0, 0.05) is 6.42 Å². The lowest BCUT2D eigenvalue weighted by Gasteiger charge is -1.98. The summed E-state index contributed by atoms with van der Waals surface area (Å²) < 4.78 is 4.56. The van der Waals surface area contributed by atoms with Gasteiger partial charge in [-0.3, -0.25) is 9.59 Å². The Morgan fingerprint density at radius 3 is 2.55 bits per heavy atom. The lowest BCUT2D eigenvalue weighted by Crippen LogP contribution is -2.22. The topological polar surface area (TPSA) is 83.5 Å².